The van der Waals surface area contributed by atoms with E-state index in [9.17, 15) is 4.79 Å². The van der Waals surface area contributed by atoms with E-state index in [-0.39, 0.29) is 24.9 Å². The highest BCUT2D eigenvalue weighted by molar-refractivity contribution is 9.10. The van der Waals surface area contributed by atoms with Crippen molar-refractivity contribution < 1.29 is 9.53 Å². The second-order valence-electron chi connectivity index (χ2n) is 4.76. The number of hydrogen-bond donors (Lipinski definition) is 2. The van der Waals surface area contributed by atoms with Gasteiger partial charge in [0, 0.05) is 11.0 Å². The molecule has 6 heteroatoms. The third-order valence-corrected chi connectivity index (χ3v) is 3.65. The van der Waals surface area contributed by atoms with Gasteiger partial charge in [-0.3, -0.25) is 4.79 Å². The Balaban J connectivity index is 0.00000200. The molecule has 1 saturated heterocycles. The van der Waals surface area contributed by atoms with Crippen LogP contribution < -0.4 is 15.4 Å². The second kappa shape index (κ2) is 9.21. The average molecular weight is 364 g/mol. The van der Waals surface area contributed by atoms with Crippen LogP contribution in [0, 0.1) is 5.92 Å². The first-order valence-corrected chi connectivity index (χ1v) is 7.39. The Morgan fingerprint density at radius 3 is 3.05 bits per heavy atom. The summed E-state index contributed by atoms with van der Waals surface area (Å²) in [5.41, 5.74) is 0. The SMILES string of the molecule is Cl.O=C(COc1cccc(Br)c1)NCC1CCCNC1. The van der Waals surface area contributed by atoms with E-state index in [2.05, 4.69) is 26.6 Å². The molecular weight excluding hydrogens is 344 g/mol. The topological polar surface area (TPSA) is 50.4 Å². The predicted molar refractivity (Wildman–Crippen MR) is 85.5 cm³/mol. The molecule has 1 heterocycles. The number of piperidine rings is 1. The van der Waals surface area contributed by atoms with Gasteiger partial charge in [0.05, 0.1) is 0 Å². The van der Waals surface area contributed by atoms with Gasteiger partial charge in [-0.25, -0.2) is 0 Å². The zero-order chi connectivity index (χ0) is 13.5. The number of nitrogens with one attached hydrogen (secondary N) is 2. The van der Waals surface area contributed by atoms with Gasteiger partial charge in [-0.05, 0) is 50.0 Å². The van der Waals surface area contributed by atoms with Crippen molar-refractivity contribution in [1.82, 2.24) is 10.6 Å². The van der Waals surface area contributed by atoms with Gasteiger partial charge >= 0.3 is 0 Å². The summed E-state index contributed by atoms with van der Waals surface area (Å²) < 4.78 is 6.37. The summed E-state index contributed by atoms with van der Waals surface area (Å²) in [5, 5.41) is 6.26. The maximum absolute atomic E-state index is 11.7. The van der Waals surface area contributed by atoms with E-state index in [1.165, 1.54) is 12.8 Å². The molecular formula is C14H20BrClN2O2. The molecule has 1 aromatic rings. The minimum atomic E-state index is -0.0643. The lowest BCUT2D eigenvalue weighted by Crippen LogP contribution is -2.39. The van der Waals surface area contributed by atoms with Crippen LogP contribution in [0.25, 0.3) is 0 Å². The van der Waals surface area contributed by atoms with Crippen LogP contribution in [0.15, 0.2) is 28.7 Å². The number of halogens is 2. The molecule has 0 aromatic heterocycles. The Bertz CT molecular complexity index is 425. The smallest absolute Gasteiger partial charge is 0.257 e. The molecule has 4 nitrogen and oxygen atoms in total. The van der Waals surface area contributed by atoms with Crippen molar-refractivity contribution in [3.63, 3.8) is 0 Å². The predicted octanol–water partition coefficient (Wildman–Crippen LogP) is 2.37. The Hall–Kier alpha value is -0.780. The molecule has 20 heavy (non-hydrogen) atoms. The van der Waals surface area contributed by atoms with Gasteiger partial charge < -0.3 is 15.4 Å². The van der Waals surface area contributed by atoms with Crippen LogP contribution in [-0.4, -0.2) is 32.1 Å². The van der Waals surface area contributed by atoms with E-state index in [4.69, 9.17) is 4.74 Å². The minimum Gasteiger partial charge on any atom is -0.484 e. The van der Waals surface area contributed by atoms with E-state index in [1.807, 2.05) is 24.3 Å². The maximum Gasteiger partial charge on any atom is 0.257 e. The summed E-state index contributed by atoms with van der Waals surface area (Å²) in [5.74, 6) is 1.18. The molecule has 0 saturated carbocycles. The normalized spacial score (nSPS) is 17.9. The summed E-state index contributed by atoms with van der Waals surface area (Å²) in [6.45, 7) is 2.88. The van der Waals surface area contributed by atoms with E-state index in [1.54, 1.807) is 0 Å². The fourth-order valence-electron chi connectivity index (χ4n) is 2.11. The Kier molecular flexibility index (Phi) is 7.95. The molecule has 112 valence electrons. The lowest BCUT2D eigenvalue weighted by atomic mass is 10.00. The van der Waals surface area contributed by atoms with Gasteiger partial charge in [-0.1, -0.05) is 22.0 Å². The van der Waals surface area contributed by atoms with Gasteiger partial charge in [-0.15, -0.1) is 12.4 Å². The van der Waals surface area contributed by atoms with Gasteiger partial charge in [0.2, 0.25) is 0 Å². The molecule has 1 atom stereocenters. The fraction of sp³-hybridized carbons (Fsp3) is 0.500. The van der Waals surface area contributed by atoms with Crippen LogP contribution in [0.5, 0.6) is 5.75 Å². The van der Waals surface area contributed by atoms with Gasteiger partial charge in [0.15, 0.2) is 6.61 Å². The molecule has 0 aliphatic carbocycles. The quantitative estimate of drug-likeness (QED) is 0.844. The van der Waals surface area contributed by atoms with E-state index in [0.717, 1.165) is 24.1 Å². The lowest BCUT2D eigenvalue weighted by Gasteiger charge is -2.22. The number of carbonyl (C=O) groups is 1. The third-order valence-electron chi connectivity index (χ3n) is 3.15. The summed E-state index contributed by atoms with van der Waals surface area (Å²) in [4.78, 5) is 11.7. The van der Waals surface area contributed by atoms with E-state index >= 15 is 0 Å². The summed E-state index contributed by atoms with van der Waals surface area (Å²) in [7, 11) is 0. The summed E-state index contributed by atoms with van der Waals surface area (Å²) in [6, 6.07) is 7.48. The minimum absolute atomic E-state index is 0. The Morgan fingerprint density at radius 2 is 2.35 bits per heavy atom. The van der Waals surface area contributed by atoms with Gasteiger partial charge in [0.25, 0.3) is 5.91 Å². The molecule has 0 spiro atoms. The van der Waals surface area contributed by atoms with E-state index in [0.29, 0.717) is 11.7 Å². The van der Waals surface area contributed by atoms with Gasteiger partial charge in [-0.2, -0.15) is 0 Å². The van der Waals surface area contributed by atoms with Crippen LogP contribution in [0.1, 0.15) is 12.8 Å². The Morgan fingerprint density at radius 1 is 1.50 bits per heavy atom. The van der Waals surface area contributed by atoms with Gasteiger partial charge in [0.1, 0.15) is 5.75 Å². The van der Waals surface area contributed by atoms with Crippen molar-refractivity contribution in [3.05, 3.63) is 28.7 Å². The zero-order valence-electron chi connectivity index (χ0n) is 11.2. The molecule has 0 radical (unpaired) electrons. The molecule has 2 N–H and O–H groups in total. The Labute approximate surface area is 134 Å². The molecule has 1 amide bonds. The highest BCUT2D eigenvalue weighted by Gasteiger charge is 2.13. The van der Waals surface area contributed by atoms with Crippen molar-refractivity contribution in [1.29, 1.82) is 0 Å². The number of rotatable bonds is 5. The largest absolute Gasteiger partial charge is 0.484 e. The highest BCUT2D eigenvalue weighted by atomic mass is 79.9. The third kappa shape index (κ3) is 6.11. The van der Waals surface area contributed by atoms with Crippen molar-refractivity contribution in [3.8, 4) is 5.75 Å². The standard InChI is InChI=1S/C14H19BrN2O2.ClH/c15-12-4-1-5-13(7-12)19-10-14(18)17-9-11-3-2-6-16-8-11;/h1,4-5,7,11,16H,2-3,6,8-10H2,(H,17,18);1H. The number of ether oxygens (including phenoxy) is 1. The zero-order valence-corrected chi connectivity index (χ0v) is 13.6. The van der Waals surface area contributed by atoms with Crippen LogP contribution in [0.4, 0.5) is 0 Å². The molecule has 1 fully saturated rings. The van der Waals surface area contributed by atoms with Crippen molar-refractivity contribution in [2.75, 3.05) is 26.2 Å². The highest BCUT2D eigenvalue weighted by Crippen LogP contribution is 2.17. The van der Waals surface area contributed by atoms with Crippen LogP contribution in [0.2, 0.25) is 0 Å². The molecule has 1 aliphatic heterocycles. The van der Waals surface area contributed by atoms with Crippen molar-refractivity contribution in [2.45, 2.75) is 12.8 Å². The first-order chi connectivity index (χ1) is 9.24. The molecule has 2 rings (SSSR count). The molecule has 1 unspecified atom stereocenters. The van der Waals surface area contributed by atoms with Crippen LogP contribution in [-0.2, 0) is 4.79 Å². The molecule has 1 aromatic carbocycles. The summed E-state index contributed by atoms with van der Waals surface area (Å²) in [6.07, 6.45) is 2.37. The average Bonchev–Trinajstić information content (AvgIpc) is 2.44. The van der Waals surface area contributed by atoms with Crippen LogP contribution >= 0.6 is 28.3 Å². The maximum atomic E-state index is 11.7. The first-order valence-electron chi connectivity index (χ1n) is 6.60. The van der Waals surface area contributed by atoms with Crippen molar-refractivity contribution >= 4 is 34.2 Å². The number of benzene rings is 1. The summed E-state index contributed by atoms with van der Waals surface area (Å²) >= 11 is 3.36. The fourth-order valence-corrected chi connectivity index (χ4v) is 2.49. The van der Waals surface area contributed by atoms with Crippen molar-refractivity contribution in [2.24, 2.45) is 5.92 Å². The molecule has 0 bridgehead atoms. The number of hydrogen-bond acceptors (Lipinski definition) is 3. The first kappa shape index (κ1) is 17.3. The lowest BCUT2D eigenvalue weighted by molar-refractivity contribution is -0.123. The number of carbonyl (C=O) groups excluding carboxylic acids is 1. The van der Waals surface area contributed by atoms with E-state index < -0.39 is 0 Å². The number of amides is 1. The van der Waals surface area contributed by atoms with Crippen LogP contribution in [0.3, 0.4) is 0 Å². The monoisotopic (exact) mass is 362 g/mol. The molecule has 1 aliphatic rings. The second-order valence-corrected chi connectivity index (χ2v) is 5.68.